The highest BCUT2D eigenvalue weighted by Gasteiger charge is 2.21. The number of carbonyl (C=O) groups excluding carboxylic acids is 3. The average Bonchev–Trinajstić information content (AvgIpc) is 3.30. The Hall–Kier alpha value is -3.09. The molecule has 0 radical (unpaired) electrons. The van der Waals surface area contributed by atoms with Crippen LogP contribution in [0.15, 0.2) is 47.1 Å². The van der Waals surface area contributed by atoms with Crippen LogP contribution in [0.25, 0.3) is 0 Å². The van der Waals surface area contributed by atoms with Crippen molar-refractivity contribution in [3.8, 4) is 0 Å². The van der Waals surface area contributed by atoms with Gasteiger partial charge in [-0.15, -0.1) is 0 Å². The van der Waals surface area contributed by atoms with E-state index >= 15 is 0 Å². The molecular weight excluding hydrogens is 322 g/mol. The summed E-state index contributed by atoms with van der Waals surface area (Å²) in [7, 11) is 0. The van der Waals surface area contributed by atoms with Crippen molar-refractivity contribution >= 4 is 23.4 Å². The first-order valence-corrected chi connectivity index (χ1v) is 8.11. The van der Waals surface area contributed by atoms with Gasteiger partial charge in [-0.05, 0) is 36.2 Å². The topological polar surface area (TPSA) is 91.7 Å². The number of benzene rings is 1. The van der Waals surface area contributed by atoms with Crippen LogP contribution in [-0.4, -0.2) is 30.8 Å². The molecule has 1 aliphatic rings. The van der Waals surface area contributed by atoms with Crippen molar-refractivity contribution in [1.29, 1.82) is 0 Å². The molecule has 2 N–H and O–H groups in total. The van der Waals surface area contributed by atoms with Gasteiger partial charge < -0.3 is 20.0 Å². The Morgan fingerprint density at radius 2 is 1.92 bits per heavy atom. The van der Waals surface area contributed by atoms with Gasteiger partial charge in [0.2, 0.25) is 11.8 Å². The predicted molar refractivity (Wildman–Crippen MR) is 90.9 cm³/mol. The van der Waals surface area contributed by atoms with Crippen molar-refractivity contribution in [1.82, 2.24) is 10.6 Å². The Bertz CT molecular complexity index is 753. The van der Waals surface area contributed by atoms with Gasteiger partial charge in [0.1, 0.15) is 0 Å². The second kappa shape index (κ2) is 7.65. The smallest absolute Gasteiger partial charge is 0.287 e. The van der Waals surface area contributed by atoms with Crippen molar-refractivity contribution in [3.05, 3.63) is 54.0 Å². The van der Waals surface area contributed by atoms with Crippen LogP contribution >= 0.6 is 0 Å². The number of rotatable bonds is 6. The Kier molecular flexibility index (Phi) is 5.13. The number of furan rings is 1. The third-order valence-corrected chi connectivity index (χ3v) is 3.97. The molecule has 25 heavy (non-hydrogen) atoms. The summed E-state index contributed by atoms with van der Waals surface area (Å²) in [5.41, 5.74) is 1.80. The molecule has 1 aromatic heterocycles. The van der Waals surface area contributed by atoms with E-state index in [1.54, 1.807) is 11.0 Å². The fourth-order valence-electron chi connectivity index (χ4n) is 2.63. The zero-order valence-electron chi connectivity index (χ0n) is 13.7. The monoisotopic (exact) mass is 341 g/mol. The van der Waals surface area contributed by atoms with Crippen molar-refractivity contribution < 1.29 is 18.8 Å². The zero-order chi connectivity index (χ0) is 17.6. The first kappa shape index (κ1) is 16.8. The number of nitrogens with one attached hydrogen (secondary N) is 2. The first-order chi connectivity index (χ1) is 12.1. The average molecular weight is 341 g/mol. The van der Waals surface area contributed by atoms with Gasteiger partial charge >= 0.3 is 0 Å². The van der Waals surface area contributed by atoms with Crippen LogP contribution in [-0.2, 0) is 16.1 Å². The Morgan fingerprint density at radius 3 is 2.56 bits per heavy atom. The third-order valence-electron chi connectivity index (χ3n) is 3.97. The van der Waals surface area contributed by atoms with Crippen LogP contribution in [0.3, 0.4) is 0 Å². The van der Waals surface area contributed by atoms with E-state index < -0.39 is 5.91 Å². The minimum Gasteiger partial charge on any atom is -0.459 e. The molecule has 1 aliphatic heterocycles. The van der Waals surface area contributed by atoms with Gasteiger partial charge in [0, 0.05) is 25.2 Å². The standard InChI is InChI=1S/C18H19N3O4/c22-16(12-20-18(24)15-3-2-10-25-15)19-11-13-5-7-14(8-6-13)21-9-1-4-17(21)23/h2-3,5-8,10H,1,4,9,11-12H2,(H,19,22)(H,20,24). The van der Waals surface area contributed by atoms with Crippen LogP contribution < -0.4 is 15.5 Å². The highest BCUT2D eigenvalue weighted by molar-refractivity contribution is 5.95. The summed E-state index contributed by atoms with van der Waals surface area (Å²) in [6.45, 7) is 0.980. The van der Waals surface area contributed by atoms with E-state index in [1.807, 2.05) is 24.3 Å². The van der Waals surface area contributed by atoms with Crippen LogP contribution in [0.2, 0.25) is 0 Å². The summed E-state index contributed by atoms with van der Waals surface area (Å²) in [6, 6.07) is 10.6. The van der Waals surface area contributed by atoms with Gasteiger partial charge in [0.25, 0.3) is 5.91 Å². The fourth-order valence-corrected chi connectivity index (χ4v) is 2.63. The Morgan fingerprint density at radius 1 is 1.12 bits per heavy atom. The van der Waals surface area contributed by atoms with E-state index in [0.29, 0.717) is 13.0 Å². The molecule has 0 bridgehead atoms. The molecule has 0 atom stereocenters. The second-order valence-electron chi connectivity index (χ2n) is 5.75. The van der Waals surface area contributed by atoms with Crippen molar-refractivity contribution in [3.63, 3.8) is 0 Å². The lowest BCUT2D eigenvalue weighted by molar-refractivity contribution is -0.120. The van der Waals surface area contributed by atoms with Gasteiger partial charge in [-0.1, -0.05) is 12.1 Å². The molecule has 3 amide bonds. The molecule has 2 heterocycles. The summed E-state index contributed by atoms with van der Waals surface area (Å²) in [5, 5.41) is 5.22. The molecule has 3 rings (SSSR count). The summed E-state index contributed by atoms with van der Waals surface area (Å²) < 4.78 is 4.95. The summed E-state index contributed by atoms with van der Waals surface area (Å²) in [6.07, 6.45) is 2.89. The molecule has 1 saturated heterocycles. The lowest BCUT2D eigenvalue weighted by atomic mass is 10.2. The largest absolute Gasteiger partial charge is 0.459 e. The molecule has 7 nitrogen and oxygen atoms in total. The molecule has 0 saturated carbocycles. The van der Waals surface area contributed by atoms with E-state index in [4.69, 9.17) is 4.42 Å². The van der Waals surface area contributed by atoms with Crippen molar-refractivity contribution in [2.45, 2.75) is 19.4 Å². The van der Waals surface area contributed by atoms with Crippen LogP contribution in [0.4, 0.5) is 5.69 Å². The quantitative estimate of drug-likeness (QED) is 0.832. The molecule has 2 aromatic rings. The summed E-state index contributed by atoms with van der Waals surface area (Å²) in [4.78, 5) is 36.9. The normalized spacial score (nSPS) is 13.8. The number of amides is 3. The minimum absolute atomic E-state index is 0.125. The Balaban J connectivity index is 1.44. The van der Waals surface area contributed by atoms with Crippen molar-refractivity contribution in [2.24, 2.45) is 0 Å². The van der Waals surface area contributed by atoms with Crippen LogP contribution in [0.5, 0.6) is 0 Å². The van der Waals surface area contributed by atoms with Gasteiger partial charge in [0.05, 0.1) is 12.8 Å². The number of hydrogen-bond acceptors (Lipinski definition) is 4. The van der Waals surface area contributed by atoms with Crippen molar-refractivity contribution in [2.75, 3.05) is 18.0 Å². The predicted octanol–water partition coefficient (Wildman–Crippen LogP) is 1.45. The maximum absolute atomic E-state index is 11.8. The molecule has 1 fully saturated rings. The van der Waals surface area contributed by atoms with E-state index in [9.17, 15) is 14.4 Å². The lowest BCUT2D eigenvalue weighted by Crippen LogP contribution is -2.36. The lowest BCUT2D eigenvalue weighted by Gasteiger charge is -2.16. The van der Waals surface area contributed by atoms with Crippen LogP contribution in [0.1, 0.15) is 29.0 Å². The summed E-state index contributed by atoms with van der Waals surface area (Å²) in [5.74, 6) is -0.410. The third kappa shape index (κ3) is 4.26. The van der Waals surface area contributed by atoms with Gasteiger partial charge in [-0.3, -0.25) is 14.4 Å². The minimum atomic E-state index is -0.431. The number of anilines is 1. The number of hydrogen-bond donors (Lipinski definition) is 2. The van der Waals surface area contributed by atoms with E-state index in [1.165, 1.54) is 12.3 Å². The second-order valence-corrected chi connectivity index (χ2v) is 5.75. The summed E-state index contributed by atoms with van der Waals surface area (Å²) >= 11 is 0. The maximum Gasteiger partial charge on any atom is 0.287 e. The fraction of sp³-hybridized carbons (Fsp3) is 0.278. The highest BCUT2D eigenvalue weighted by Crippen LogP contribution is 2.21. The van der Waals surface area contributed by atoms with Gasteiger partial charge in [-0.25, -0.2) is 0 Å². The molecule has 0 spiro atoms. The number of nitrogens with zero attached hydrogens (tertiary/aromatic N) is 1. The molecule has 0 aliphatic carbocycles. The molecule has 0 unspecified atom stereocenters. The number of carbonyl (C=O) groups is 3. The first-order valence-electron chi connectivity index (χ1n) is 8.11. The zero-order valence-corrected chi connectivity index (χ0v) is 13.7. The molecular formula is C18H19N3O4. The van der Waals surface area contributed by atoms with E-state index in [2.05, 4.69) is 10.6 Å². The SMILES string of the molecule is O=C(CNC(=O)c1ccco1)NCc1ccc(N2CCCC2=O)cc1. The highest BCUT2D eigenvalue weighted by atomic mass is 16.3. The molecule has 130 valence electrons. The van der Waals surface area contributed by atoms with Gasteiger partial charge in [0.15, 0.2) is 5.76 Å². The molecule has 1 aromatic carbocycles. The molecule has 7 heteroatoms. The van der Waals surface area contributed by atoms with Crippen LogP contribution in [0, 0.1) is 0 Å². The van der Waals surface area contributed by atoms with E-state index in [0.717, 1.165) is 24.2 Å². The van der Waals surface area contributed by atoms with E-state index in [-0.39, 0.29) is 24.1 Å². The van der Waals surface area contributed by atoms with Gasteiger partial charge in [-0.2, -0.15) is 0 Å². The Labute approximate surface area is 145 Å². The maximum atomic E-state index is 11.8.